The fourth-order valence-corrected chi connectivity index (χ4v) is 0.241. The smallest absolute Gasteiger partial charge is 0.217 e. The molecule has 0 bridgehead atoms. The molecule has 4 nitrogen and oxygen atoms in total. The Kier molecular flexibility index (Phi) is 14.2. The Morgan fingerprint density at radius 3 is 1.58 bits per heavy atom. The summed E-state index contributed by atoms with van der Waals surface area (Å²) in [6.45, 7) is 1.21. The summed E-state index contributed by atoms with van der Waals surface area (Å²) < 4.78 is 0. The summed E-state index contributed by atoms with van der Waals surface area (Å²) in [5.41, 5.74) is 0. The second kappa shape index (κ2) is 12.6. The summed E-state index contributed by atoms with van der Waals surface area (Å²) in [7, 11) is 0. The highest BCUT2D eigenvalue weighted by Gasteiger charge is 1.79. The van der Waals surface area contributed by atoms with Crippen molar-refractivity contribution in [1.82, 2.24) is 0 Å². The highest BCUT2D eigenvalue weighted by molar-refractivity contribution is 4.97. The molecule has 0 rings (SSSR count). The standard InChI is InChI=1S/2C4H6O2/c1-2-3-4(5)6;5-3-1-2-4-6/h4-6H,1H3;5-6H,3-4H2. The third kappa shape index (κ3) is 23.1. The minimum absolute atomic E-state index is 0.166. The lowest BCUT2D eigenvalue weighted by Gasteiger charge is -1.82. The monoisotopic (exact) mass is 172 g/mol. The molecule has 0 atom stereocenters. The van der Waals surface area contributed by atoms with Crippen LogP contribution in [0.5, 0.6) is 0 Å². The highest BCUT2D eigenvalue weighted by Crippen LogP contribution is 1.63. The van der Waals surface area contributed by atoms with Crippen LogP contribution in [-0.4, -0.2) is 39.9 Å². The summed E-state index contributed by atoms with van der Waals surface area (Å²) in [4.78, 5) is 0. The van der Waals surface area contributed by atoms with Crippen molar-refractivity contribution in [3.63, 3.8) is 0 Å². The first-order valence-corrected chi connectivity index (χ1v) is 3.14. The molecule has 0 saturated heterocycles. The van der Waals surface area contributed by atoms with E-state index in [0.717, 1.165) is 0 Å². The van der Waals surface area contributed by atoms with Gasteiger partial charge in [0.1, 0.15) is 13.2 Å². The van der Waals surface area contributed by atoms with Gasteiger partial charge in [-0.25, -0.2) is 0 Å². The van der Waals surface area contributed by atoms with Crippen LogP contribution in [0.25, 0.3) is 0 Å². The first-order chi connectivity index (χ1) is 5.68. The lowest BCUT2D eigenvalue weighted by molar-refractivity contribution is 0.0108. The molecule has 0 aliphatic carbocycles. The molecule has 68 valence electrons. The van der Waals surface area contributed by atoms with Gasteiger partial charge in [-0.3, -0.25) is 0 Å². The van der Waals surface area contributed by atoms with Crippen molar-refractivity contribution >= 4 is 0 Å². The van der Waals surface area contributed by atoms with Gasteiger partial charge in [-0.1, -0.05) is 11.8 Å². The Morgan fingerprint density at radius 1 is 1.08 bits per heavy atom. The van der Waals surface area contributed by atoms with Crippen molar-refractivity contribution < 1.29 is 20.4 Å². The SMILES string of the molecule is CC#CC(O)O.OCC#CCO. The number of hydrogen-bond donors (Lipinski definition) is 4. The third-order valence-corrected chi connectivity index (χ3v) is 0.557. The fourth-order valence-electron chi connectivity index (χ4n) is 0.241. The molecule has 0 aromatic carbocycles. The van der Waals surface area contributed by atoms with Gasteiger partial charge < -0.3 is 20.4 Å². The number of rotatable bonds is 0. The quantitative estimate of drug-likeness (QED) is 0.259. The van der Waals surface area contributed by atoms with Crippen LogP contribution < -0.4 is 0 Å². The number of aliphatic hydroxyl groups is 4. The van der Waals surface area contributed by atoms with E-state index < -0.39 is 6.29 Å². The van der Waals surface area contributed by atoms with E-state index in [1.54, 1.807) is 6.92 Å². The van der Waals surface area contributed by atoms with E-state index in [4.69, 9.17) is 20.4 Å². The maximum Gasteiger partial charge on any atom is 0.217 e. The zero-order valence-corrected chi connectivity index (χ0v) is 6.78. The maximum atomic E-state index is 7.93. The van der Waals surface area contributed by atoms with Crippen LogP contribution >= 0.6 is 0 Å². The van der Waals surface area contributed by atoms with E-state index in [1.165, 1.54) is 0 Å². The summed E-state index contributed by atoms with van der Waals surface area (Å²) >= 11 is 0. The molecule has 0 amide bonds. The predicted molar refractivity (Wildman–Crippen MR) is 43.6 cm³/mol. The van der Waals surface area contributed by atoms with Crippen LogP contribution in [0.4, 0.5) is 0 Å². The first-order valence-electron chi connectivity index (χ1n) is 3.14. The Hall–Kier alpha value is -1.04. The molecule has 0 heterocycles. The molecule has 0 spiro atoms. The highest BCUT2D eigenvalue weighted by atomic mass is 16.5. The largest absolute Gasteiger partial charge is 0.384 e. The van der Waals surface area contributed by atoms with Gasteiger partial charge in [-0.2, -0.15) is 0 Å². The molecule has 0 unspecified atom stereocenters. The van der Waals surface area contributed by atoms with Crippen LogP contribution in [0.2, 0.25) is 0 Å². The summed E-state index contributed by atoms with van der Waals surface area (Å²) in [5, 5.41) is 31.7. The molecule has 4 heteroatoms. The molecule has 0 aromatic rings. The molecule has 0 radical (unpaired) electrons. The molecule has 12 heavy (non-hydrogen) atoms. The van der Waals surface area contributed by atoms with Gasteiger partial charge in [0.25, 0.3) is 0 Å². The minimum atomic E-state index is -1.46. The molecule has 0 saturated carbocycles. The van der Waals surface area contributed by atoms with E-state index >= 15 is 0 Å². The molecule has 0 aliphatic heterocycles. The van der Waals surface area contributed by atoms with Crippen molar-refractivity contribution in [2.24, 2.45) is 0 Å². The molecular formula is C8H12O4. The zero-order chi connectivity index (χ0) is 9.82. The number of hydrogen-bond acceptors (Lipinski definition) is 4. The third-order valence-electron chi connectivity index (χ3n) is 0.557. The van der Waals surface area contributed by atoms with Crippen molar-refractivity contribution in [3.05, 3.63) is 0 Å². The molecule has 4 N–H and O–H groups in total. The maximum absolute atomic E-state index is 7.93. The minimum Gasteiger partial charge on any atom is -0.384 e. The Bertz CT molecular complexity index is 181. The molecular weight excluding hydrogens is 160 g/mol. The average Bonchev–Trinajstić information content (AvgIpc) is 2.02. The predicted octanol–water partition coefficient (Wildman–Crippen LogP) is -1.71. The summed E-state index contributed by atoms with van der Waals surface area (Å²) in [6.07, 6.45) is -1.46. The van der Waals surface area contributed by atoms with Crippen LogP contribution in [0, 0.1) is 23.7 Å². The Balaban J connectivity index is 0. The van der Waals surface area contributed by atoms with Crippen LogP contribution in [-0.2, 0) is 0 Å². The van der Waals surface area contributed by atoms with Gasteiger partial charge in [-0.05, 0) is 12.8 Å². The van der Waals surface area contributed by atoms with Crippen LogP contribution in [0.3, 0.4) is 0 Å². The molecule has 0 aliphatic rings. The van der Waals surface area contributed by atoms with Crippen molar-refractivity contribution in [3.8, 4) is 23.7 Å². The van der Waals surface area contributed by atoms with Gasteiger partial charge >= 0.3 is 0 Å². The molecule has 0 aromatic heterocycles. The first kappa shape index (κ1) is 13.5. The lowest BCUT2D eigenvalue weighted by Crippen LogP contribution is -1.97. The Labute approximate surface area is 71.5 Å². The van der Waals surface area contributed by atoms with Gasteiger partial charge in [0.05, 0.1) is 0 Å². The van der Waals surface area contributed by atoms with E-state index in [1.807, 2.05) is 0 Å². The Morgan fingerprint density at radius 2 is 1.50 bits per heavy atom. The fraction of sp³-hybridized carbons (Fsp3) is 0.500. The van der Waals surface area contributed by atoms with Crippen molar-refractivity contribution in [1.29, 1.82) is 0 Å². The van der Waals surface area contributed by atoms with E-state index in [2.05, 4.69) is 23.7 Å². The van der Waals surface area contributed by atoms with Crippen LogP contribution in [0.1, 0.15) is 6.92 Å². The van der Waals surface area contributed by atoms with Crippen molar-refractivity contribution in [2.45, 2.75) is 13.2 Å². The molecule has 0 fully saturated rings. The van der Waals surface area contributed by atoms with E-state index in [0.29, 0.717) is 0 Å². The van der Waals surface area contributed by atoms with E-state index in [9.17, 15) is 0 Å². The van der Waals surface area contributed by atoms with Gasteiger partial charge in [0.2, 0.25) is 6.29 Å². The topological polar surface area (TPSA) is 80.9 Å². The zero-order valence-electron chi connectivity index (χ0n) is 6.78. The van der Waals surface area contributed by atoms with Gasteiger partial charge in [0, 0.05) is 0 Å². The summed E-state index contributed by atoms with van der Waals surface area (Å²) in [5.74, 6) is 8.89. The van der Waals surface area contributed by atoms with Crippen molar-refractivity contribution in [2.75, 3.05) is 13.2 Å². The average molecular weight is 172 g/mol. The number of aliphatic hydroxyl groups excluding tert-OH is 3. The second-order valence-electron chi connectivity index (χ2n) is 1.44. The summed E-state index contributed by atoms with van der Waals surface area (Å²) in [6, 6.07) is 0. The second-order valence-corrected chi connectivity index (χ2v) is 1.44. The normalized spacial score (nSPS) is 6.83. The lowest BCUT2D eigenvalue weighted by atomic mass is 10.6. The van der Waals surface area contributed by atoms with Crippen LogP contribution in [0.15, 0.2) is 0 Å². The van der Waals surface area contributed by atoms with Gasteiger partial charge in [-0.15, -0.1) is 5.92 Å². The van der Waals surface area contributed by atoms with Gasteiger partial charge in [0.15, 0.2) is 0 Å². The van der Waals surface area contributed by atoms with E-state index in [-0.39, 0.29) is 13.2 Å².